The molecule has 0 aromatic heterocycles. The van der Waals surface area contributed by atoms with E-state index in [2.05, 4.69) is 0 Å². The predicted octanol–water partition coefficient (Wildman–Crippen LogP) is 2.83. The van der Waals surface area contributed by atoms with E-state index < -0.39 is 10.8 Å². The van der Waals surface area contributed by atoms with Crippen molar-refractivity contribution in [2.24, 2.45) is 0 Å². The Kier molecular flexibility index (Phi) is 3.96. The van der Waals surface area contributed by atoms with E-state index in [1.165, 1.54) is 0 Å². The smallest absolute Gasteiger partial charge is 0.0806 e. The van der Waals surface area contributed by atoms with Crippen molar-refractivity contribution < 1.29 is 4.21 Å². The molecule has 0 saturated heterocycles. The monoisotopic (exact) mass is 231 g/mol. The molecule has 1 aromatic rings. The van der Waals surface area contributed by atoms with Crippen LogP contribution in [0, 0.1) is 0 Å². The van der Waals surface area contributed by atoms with Gasteiger partial charge < -0.3 is 5.73 Å². The van der Waals surface area contributed by atoms with E-state index in [-0.39, 0.29) is 5.25 Å². The molecule has 0 amide bonds. The number of hydrogen-bond acceptors (Lipinski definition) is 2. The van der Waals surface area contributed by atoms with E-state index in [4.69, 9.17) is 17.3 Å². The number of nitrogens with two attached hydrogens (primary N) is 1. The highest BCUT2D eigenvalue weighted by Gasteiger charge is 2.16. The Bertz CT molecular complexity index is 334. The van der Waals surface area contributed by atoms with Gasteiger partial charge in [-0.15, -0.1) is 0 Å². The molecule has 0 bridgehead atoms. The predicted molar refractivity (Wildman–Crippen MR) is 62.0 cm³/mol. The molecule has 2 N–H and O–H groups in total. The third kappa shape index (κ3) is 2.28. The number of anilines is 1. The maximum Gasteiger partial charge on any atom is 0.0806 e. The van der Waals surface area contributed by atoms with E-state index in [9.17, 15) is 4.21 Å². The van der Waals surface area contributed by atoms with Crippen LogP contribution in [0.1, 0.15) is 20.3 Å². The molecule has 0 fully saturated rings. The van der Waals surface area contributed by atoms with Gasteiger partial charge in [-0.3, -0.25) is 4.21 Å². The second kappa shape index (κ2) is 4.80. The van der Waals surface area contributed by atoms with Crippen LogP contribution < -0.4 is 5.73 Å². The average molecular weight is 232 g/mol. The lowest BCUT2D eigenvalue weighted by molar-refractivity contribution is 0.670. The standard InChI is InChI=1S/C10H14ClNOS/c1-3-7(2)14(13)10-8(11)5-4-6-9(10)12/h4-7H,3,12H2,1-2H3. The molecule has 1 rings (SSSR count). The molecular formula is C10H14ClNOS. The lowest BCUT2D eigenvalue weighted by Crippen LogP contribution is -2.11. The lowest BCUT2D eigenvalue weighted by Gasteiger charge is -2.12. The third-order valence-corrected chi connectivity index (χ3v) is 4.49. The fraction of sp³-hybridized carbons (Fsp3) is 0.400. The second-order valence-electron chi connectivity index (χ2n) is 3.17. The minimum Gasteiger partial charge on any atom is -0.398 e. The first kappa shape index (κ1) is 11.5. The van der Waals surface area contributed by atoms with Crippen LogP contribution in [-0.4, -0.2) is 9.46 Å². The molecule has 2 nitrogen and oxygen atoms in total. The Balaban J connectivity index is 3.12. The van der Waals surface area contributed by atoms with Gasteiger partial charge in [0.1, 0.15) is 0 Å². The first-order valence-electron chi connectivity index (χ1n) is 4.52. The van der Waals surface area contributed by atoms with E-state index >= 15 is 0 Å². The topological polar surface area (TPSA) is 43.1 Å². The molecule has 0 aliphatic carbocycles. The highest BCUT2D eigenvalue weighted by molar-refractivity contribution is 7.86. The summed E-state index contributed by atoms with van der Waals surface area (Å²) in [6, 6.07) is 5.20. The molecule has 0 aliphatic rings. The van der Waals surface area contributed by atoms with Gasteiger partial charge in [0.15, 0.2) is 0 Å². The molecule has 0 saturated carbocycles. The molecular weight excluding hydrogens is 218 g/mol. The Hall–Kier alpha value is -0.540. The first-order chi connectivity index (χ1) is 6.57. The van der Waals surface area contributed by atoms with Gasteiger partial charge in [-0.1, -0.05) is 31.5 Å². The number of halogens is 1. The zero-order valence-electron chi connectivity index (χ0n) is 8.29. The molecule has 2 atom stereocenters. The lowest BCUT2D eigenvalue weighted by atomic mass is 10.3. The highest BCUT2D eigenvalue weighted by atomic mass is 35.5. The van der Waals surface area contributed by atoms with E-state index in [1.54, 1.807) is 18.2 Å². The van der Waals surface area contributed by atoms with Gasteiger partial charge in [-0.05, 0) is 18.6 Å². The van der Waals surface area contributed by atoms with Crippen LogP contribution in [0.25, 0.3) is 0 Å². The molecule has 4 heteroatoms. The molecule has 78 valence electrons. The van der Waals surface area contributed by atoms with Gasteiger partial charge >= 0.3 is 0 Å². The van der Waals surface area contributed by atoms with Crippen molar-refractivity contribution in [1.29, 1.82) is 0 Å². The fourth-order valence-corrected chi connectivity index (χ4v) is 2.77. The van der Waals surface area contributed by atoms with Crippen molar-refractivity contribution in [3.8, 4) is 0 Å². The molecule has 0 radical (unpaired) electrons. The van der Waals surface area contributed by atoms with Crippen molar-refractivity contribution in [3.05, 3.63) is 23.2 Å². The Morgan fingerprint density at radius 3 is 2.71 bits per heavy atom. The molecule has 1 aromatic carbocycles. The first-order valence-corrected chi connectivity index (χ1v) is 6.11. The maximum atomic E-state index is 12.0. The van der Waals surface area contributed by atoms with Crippen LogP contribution in [0.15, 0.2) is 23.1 Å². The molecule has 2 unspecified atom stereocenters. The molecule has 14 heavy (non-hydrogen) atoms. The van der Waals surface area contributed by atoms with Gasteiger partial charge in [0.05, 0.1) is 20.7 Å². The quantitative estimate of drug-likeness (QED) is 0.813. The summed E-state index contributed by atoms with van der Waals surface area (Å²) in [6.07, 6.45) is 0.845. The van der Waals surface area contributed by atoms with Crippen molar-refractivity contribution >= 4 is 28.1 Å². The summed E-state index contributed by atoms with van der Waals surface area (Å²) in [7, 11) is -1.11. The van der Waals surface area contributed by atoms with E-state index in [1.807, 2.05) is 13.8 Å². The summed E-state index contributed by atoms with van der Waals surface area (Å²) < 4.78 is 12.0. The highest BCUT2D eigenvalue weighted by Crippen LogP contribution is 2.28. The summed E-state index contributed by atoms with van der Waals surface area (Å²) in [5, 5.41) is 0.570. The minimum absolute atomic E-state index is 0.0807. The zero-order valence-corrected chi connectivity index (χ0v) is 9.86. The number of nitrogen functional groups attached to an aromatic ring is 1. The van der Waals surface area contributed by atoms with Gasteiger partial charge in [0.2, 0.25) is 0 Å². The maximum absolute atomic E-state index is 12.0. The van der Waals surface area contributed by atoms with Gasteiger partial charge in [0.25, 0.3) is 0 Å². The van der Waals surface area contributed by atoms with E-state index in [0.29, 0.717) is 15.6 Å². The zero-order chi connectivity index (χ0) is 10.7. The molecule has 0 heterocycles. The second-order valence-corrected chi connectivity index (χ2v) is 5.39. The molecule has 0 aliphatic heterocycles. The summed E-state index contributed by atoms with van der Waals surface area (Å²) >= 11 is 5.95. The average Bonchev–Trinajstić information content (AvgIpc) is 2.16. The largest absolute Gasteiger partial charge is 0.398 e. The van der Waals surface area contributed by atoms with Crippen LogP contribution in [-0.2, 0) is 10.8 Å². The van der Waals surface area contributed by atoms with Crippen LogP contribution >= 0.6 is 11.6 Å². The SMILES string of the molecule is CCC(C)S(=O)c1c(N)cccc1Cl. The minimum atomic E-state index is -1.11. The van der Waals surface area contributed by atoms with Crippen LogP contribution in [0.4, 0.5) is 5.69 Å². The summed E-state index contributed by atoms with van der Waals surface area (Å²) in [4.78, 5) is 0.573. The van der Waals surface area contributed by atoms with Crippen LogP contribution in [0.3, 0.4) is 0 Å². The van der Waals surface area contributed by atoms with Crippen molar-refractivity contribution in [1.82, 2.24) is 0 Å². The summed E-state index contributed by atoms with van der Waals surface area (Å²) in [6.45, 7) is 3.93. The van der Waals surface area contributed by atoms with Crippen molar-refractivity contribution in [2.75, 3.05) is 5.73 Å². The van der Waals surface area contributed by atoms with E-state index in [0.717, 1.165) is 6.42 Å². The van der Waals surface area contributed by atoms with Gasteiger partial charge in [-0.25, -0.2) is 0 Å². The summed E-state index contributed by atoms with van der Waals surface area (Å²) in [5.74, 6) is 0. The summed E-state index contributed by atoms with van der Waals surface area (Å²) in [5.41, 5.74) is 6.25. The number of rotatable bonds is 3. The van der Waals surface area contributed by atoms with Gasteiger partial charge in [0, 0.05) is 10.9 Å². The van der Waals surface area contributed by atoms with Crippen molar-refractivity contribution in [3.63, 3.8) is 0 Å². The molecule has 0 spiro atoms. The van der Waals surface area contributed by atoms with Crippen molar-refractivity contribution in [2.45, 2.75) is 30.4 Å². The Labute approximate surface area is 91.9 Å². The van der Waals surface area contributed by atoms with Gasteiger partial charge in [-0.2, -0.15) is 0 Å². The number of hydrogen-bond donors (Lipinski definition) is 1. The third-order valence-electron chi connectivity index (χ3n) is 2.14. The van der Waals surface area contributed by atoms with Crippen LogP contribution in [0.5, 0.6) is 0 Å². The Morgan fingerprint density at radius 2 is 2.21 bits per heavy atom. The Morgan fingerprint density at radius 1 is 1.57 bits per heavy atom. The normalized spacial score (nSPS) is 15.1. The number of benzene rings is 1. The fourth-order valence-electron chi connectivity index (χ4n) is 1.09. The van der Waals surface area contributed by atoms with Crippen LogP contribution in [0.2, 0.25) is 5.02 Å².